The van der Waals surface area contributed by atoms with Gasteiger partial charge in [0.15, 0.2) is 5.92 Å². The molecule has 0 saturated heterocycles. The van der Waals surface area contributed by atoms with Crippen molar-refractivity contribution >= 4 is 23.3 Å². The molecule has 0 aliphatic heterocycles. The van der Waals surface area contributed by atoms with Crippen LogP contribution in [0.25, 0.3) is 0 Å². The van der Waals surface area contributed by atoms with Gasteiger partial charge in [0, 0.05) is 43.5 Å². The molecule has 6 nitrogen and oxygen atoms in total. The van der Waals surface area contributed by atoms with Crippen molar-refractivity contribution in [1.29, 1.82) is 0 Å². The quantitative estimate of drug-likeness (QED) is 0.194. The van der Waals surface area contributed by atoms with E-state index in [-0.39, 0.29) is 12.3 Å². The summed E-state index contributed by atoms with van der Waals surface area (Å²) < 4.78 is 0. The highest BCUT2D eigenvalue weighted by atomic mass is 16.4. The Morgan fingerprint density at radius 3 is 1.44 bits per heavy atom. The highest BCUT2D eigenvalue weighted by Crippen LogP contribution is 2.39. The summed E-state index contributed by atoms with van der Waals surface area (Å²) in [7, 11) is 0. The molecule has 0 fully saturated rings. The zero-order valence-corrected chi connectivity index (χ0v) is 24.1. The number of hydrogen-bond acceptors (Lipinski definition) is 4. The maximum atomic E-state index is 11.4. The lowest BCUT2D eigenvalue weighted by Crippen LogP contribution is -2.25. The van der Waals surface area contributed by atoms with E-state index in [9.17, 15) is 19.8 Å². The Bertz CT molecular complexity index is 1200. The van der Waals surface area contributed by atoms with Crippen LogP contribution in [0.3, 0.4) is 0 Å². The molecular formula is C33H42N2O4. The predicted octanol–water partition coefficient (Wildman–Crippen LogP) is 6.50. The monoisotopic (exact) mass is 530 g/mol. The number of nitrogens with zero attached hydrogens (tertiary/aromatic N) is 2. The number of aliphatic carboxylic acids is 2. The first kappa shape index (κ1) is 29.8. The molecule has 208 valence electrons. The van der Waals surface area contributed by atoms with Gasteiger partial charge >= 0.3 is 11.9 Å². The minimum atomic E-state index is -1.47. The number of benzene rings is 3. The molecule has 0 radical (unpaired) electrons. The van der Waals surface area contributed by atoms with Crippen LogP contribution in [-0.4, -0.2) is 48.3 Å². The van der Waals surface area contributed by atoms with E-state index in [1.807, 2.05) is 24.3 Å². The molecule has 3 rings (SSSR count). The van der Waals surface area contributed by atoms with Gasteiger partial charge in [-0.1, -0.05) is 36.4 Å². The molecule has 0 unspecified atom stereocenters. The van der Waals surface area contributed by atoms with Gasteiger partial charge in [0.1, 0.15) is 0 Å². The fraction of sp³-hybridized carbons (Fsp3) is 0.394. The summed E-state index contributed by atoms with van der Waals surface area (Å²) in [6, 6.07) is 21.1. The normalized spacial score (nSPS) is 11.2. The highest BCUT2D eigenvalue weighted by Gasteiger charge is 2.27. The van der Waals surface area contributed by atoms with Crippen molar-refractivity contribution in [1.82, 2.24) is 0 Å². The van der Waals surface area contributed by atoms with Crippen LogP contribution in [0, 0.1) is 19.8 Å². The largest absolute Gasteiger partial charge is 0.481 e. The summed E-state index contributed by atoms with van der Waals surface area (Å²) in [5, 5.41) is 18.7. The molecule has 0 saturated carbocycles. The minimum Gasteiger partial charge on any atom is -0.481 e. The van der Waals surface area contributed by atoms with Gasteiger partial charge < -0.3 is 20.0 Å². The van der Waals surface area contributed by atoms with Gasteiger partial charge in [0.25, 0.3) is 0 Å². The summed E-state index contributed by atoms with van der Waals surface area (Å²) >= 11 is 0. The Morgan fingerprint density at radius 1 is 0.667 bits per heavy atom. The topological polar surface area (TPSA) is 81.1 Å². The van der Waals surface area contributed by atoms with E-state index in [2.05, 4.69) is 87.7 Å². The zero-order chi connectivity index (χ0) is 28.7. The van der Waals surface area contributed by atoms with Gasteiger partial charge in [0.05, 0.1) is 0 Å². The van der Waals surface area contributed by atoms with Crippen LogP contribution in [0.4, 0.5) is 11.4 Å². The first-order valence-corrected chi connectivity index (χ1v) is 13.9. The molecule has 2 N–H and O–H groups in total. The molecule has 0 aromatic heterocycles. The van der Waals surface area contributed by atoms with Crippen LogP contribution in [0.2, 0.25) is 0 Å². The molecule has 6 heteroatoms. The van der Waals surface area contributed by atoms with Gasteiger partial charge in [-0.2, -0.15) is 0 Å². The number of carbonyl (C=O) groups is 2. The molecular weight excluding hydrogens is 488 g/mol. The lowest BCUT2D eigenvalue weighted by molar-refractivity contribution is -0.154. The van der Waals surface area contributed by atoms with Crippen LogP contribution in [0.1, 0.15) is 67.0 Å². The number of anilines is 2. The average Bonchev–Trinajstić information content (AvgIpc) is 2.92. The Labute approximate surface area is 232 Å². The van der Waals surface area contributed by atoms with Gasteiger partial charge in [-0.3, -0.25) is 9.59 Å². The first-order chi connectivity index (χ1) is 18.6. The summed E-state index contributed by atoms with van der Waals surface area (Å²) in [4.78, 5) is 27.6. The van der Waals surface area contributed by atoms with E-state index in [4.69, 9.17) is 0 Å². The molecule has 0 spiro atoms. The summed E-state index contributed by atoms with van der Waals surface area (Å²) in [5.74, 6) is -4.15. The molecule has 0 heterocycles. The van der Waals surface area contributed by atoms with Crippen molar-refractivity contribution in [2.75, 3.05) is 36.0 Å². The van der Waals surface area contributed by atoms with Gasteiger partial charge in [0.2, 0.25) is 0 Å². The number of carboxylic acid groups (broad SMARTS) is 2. The van der Waals surface area contributed by atoms with E-state index in [0.29, 0.717) is 5.56 Å². The van der Waals surface area contributed by atoms with Crippen LogP contribution in [-0.2, 0) is 16.0 Å². The molecule has 0 aliphatic rings. The van der Waals surface area contributed by atoms with Crippen molar-refractivity contribution in [3.05, 3.63) is 94.0 Å². The SMILES string of the molecule is CCN(CC)c1ccc(C)c(C(c2ccc(CC(C(=O)O)C(=O)O)cc2)c2cc(N(CC)CC)ccc2C)c1. The maximum absolute atomic E-state index is 11.4. The minimum absolute atomic E-state index is 0.0418. The Morgan fingerprint density at radius 2 is 1.08 bits per heavy atom. The molecule has 39 heavy (non-hydrogen) atoms. The van der Waals surface area contributed by atoms with E-state index < -0.39 is 17.9 Å². The van der Waals surface area contributed by atoms with Crippen LogP contribution >= 0.6 is 0 Å². The highest BCUT2D eigenvalue weighted by molar-refractivity contribution is 5.93. The van der Waals surface area contributed by atoms with Crippen molar-refractivity contribution in [2.45, 2.75) is 53.9 Å². The lowest BCUT2D eigenvalue weighted by atomic mass is 9.80. The molecule has 0 atom stereocenters. The first-order valence-electron chi connectivity index (χ1n) is 13.9. The van der Waals surface area contributed by atoms with Crippen molar-refractivity contribution < 1.29 is 19.8 Å². The Kier molecular flexibility index (Phi) is 10.2. The standard InChI is InChI=1S/C33H42N2O4/c1-7-34(8-2)26-17-11-22(5)28(20-26)31(29-21-27(18-12-23(29)6)35(9-3)10-4)25-15-13-24(14-16-25)19-30(32(36)37)33(38)39/h11-18,20-21,30-31H,7-10,19H2,1-6H3,(H,36,37)(H,38,39). The predicted molar refractivity (Wildman–Crippen MR) is 159 cm³/mol. The van der Waals surface area contributed by atoms with E-state index >= 15 is 0 Å². The Hall–Kier alpha value is -3.80. The number of hydrogen-bond donors (Lipinski definition) is 2. The third-order valence-electron chi connectivity index (χ3n) is 7.75. The number of aryl methyl sites for hydroxylation is 2. The lowest BCUT2D eigenvalue weighted by Gasteiger charge is -2.28. The average molecular weight is 531 g/mol. The summed E-state index contributed by atoms with van der Waals surface area (Å²) in [6.45, 7) is 16.6. The van der Waals surface area contributed by atoms with E-state index in [1.54, 1.807) is 0 Å². The van der Waals surface area contributed by atoms with Gasteiger partial charge in [-0.15, -0.1) is 0 Å². The number of carboxylic acids is 2. The van der Waals surface area contributed by atoms with Crippen LogP contribution in [0.5, 0.6) is 0 Å². The van der Waals surface area contributed by atoms with Gasteiger partial charge in [-0.25, -0.2) is 0 Å². The third-order valence-corrected chi connectivity index (χ3v) is 7.75. The van der Waals surface area contributed by atoms with Crippen molar-refractivity contribution in [3.63, 3.8) is 0 Å². The maximum Gasteiger partial charge on any atom is 0.318 e. The molecule has 0 amide bonds. The van der Waals surface area contributed by atoms with Crippen molar-refractivity contribution in [2.24, 2.45) is 5.92 Å². The van der Waals surface area contributed by atoms with E-state index in [0.717, 1.165) is 31.7 Å². The molecule has 0 aliphatic carbocycles. The second-order valence-corrected chi connectivity index (χ2v) is 10.0. The van der Waals surface area contributed by atoms with Crippen LogP contribution < -0.4 is 9.80 Å². The second kappa shape index (κ2) is 13.3. The van der Waals surface area contributed by atoms with E-state index in [1.165, 1.54) is 33.6 Å². The zero-order valence-electron chi connectivity index (χ0n) is 24.1. The van der Waals surface area contributed by atoms with Crippen LogP contribution in [0.15, 0.2) is 60.7 Å². The summed E-state index contributed by atoms with van der Waals surface area (Å²) in [5.41, 5.74) is 8.99. The fourth-order valence-electron chi connectivity index (χ4n) is 5.34. The molecule has 0 bridgehead atoms. The Balaban J connectivity index is 2.19. The van der Waals surface area contributed by atoms with Crippen molar-refractivity contribution in [3.8, 4) is 0 Å². The molecule has 3 aromatic carbocycles. The second-order valence-electron chi connectivity index (χ2n) is 10.0. The molecule has 3 aromatic rings. The fourth-order valence-corrected chi connectivity index (χ4v) is 5.34. The smallest absolute Gasteiger partial charge is 0.318 e. The third kappa shape index (κ3) is 6.80. The number of rotatable bonds is 13. The summed E-state index contributed by atoms with van der Waals surface area (Å²) in [6.07, 6.45) is -0.0530. The van der Waals surface area contributed by atoms with Gasteiger partial charge in [-0.05, 0) is 106 Å².